The highest BCUT2D eigenvalue weighted by Crippen LogP contribution is 2.39. The van der Waals surface area contributed by atoms with Gasteiger partial charge in [0.1, 0.15) is 18.0 Å². The van der Waals surface area contributed by atoms with Gasteiger partial charge in [-0.15, -0.1) is 0 Å². The predicted octanol–water partition coefficient (Wildman–Crippen LogP) is 2.99. The van der Waals surface area contributed by atoms with E-state index in [2.05, 4.69) is 20.4 Å². The van der Waals surface area contributed by atoms with Gasteiger partial charge in [-0.1, -0.05) is 0 Å². The van der Waals surface area contributed by atoms with Crippen molar-refractivity contribution in [3.05, 3.63) is 41.0 Å². The van der Waals surface area contributed by atoms with Crippen LogP contribution in [0.1, 0.15) is 40.7 Å². The van der Waals surface area contributed by atoms with Gasteiger partial charge in [0.05, 0.1) is 41.5 Å². The monoisotopic (exact) mass is 591 g/mol. The topological polar surface area (TPSA) is 139 Å². The van der Waals surface area contributed by atoms with Gasteiger partial charge >= 0.3 is 12.4 Å². The quantitative estimate of drug-likeness (QED) is 0.388. The summed E-state index contributed by atoms with van der Waals surface area (Å²) in [5, 5.41) is 15.8. The number of halogens is 7. The third-order valence-corrected chi connectivity index (χ3v) is 6.84. The van der Waals surface area contributed by atoms with Crippen molar-refractivity contribution in [1.82, 2.24) is 29.8 Å². The van der Waals surface area contributed by atoms with E-state index in [0.717, 1.165) is 21.8 Å². The van der Waals surface area contributed by atoms with Crippen LogP contribution in [0.15, 0.2) is 18.5 Å². The fraction of sp³-hybridized carbons (Fsp3) is 0.458. The molecule has 4 N–H and O–H groups in total. The number of alkyl halides is 7. The van der Waals surface area contributed by atoms with Crippen LogP contribution in [0.2, 0.25) is 0 Å². The summed E-state index contributed by atoms with van der Waals surface area (Å²) < 4.78 is 95.8. The SMILES string of the molecule is Cc1nc(C)c(-c2cc(C(F)(F)F)c3c(N)ncnn23)cc1C(=O)N[C@@H]1CN(C(=O)CC(C)(O)C(F)(F)F)C[C@@H]1F. The van der Waals surface area contributed by atoms with Gasteiger partial charge in [-0.3, -0.25) is 14.6 Å². The highest BCUT2D eigenvalue weighted by molar-refractivity contribution is 5.97. The normalized spacial score (nSPS) is 19.4. The molecule has 10 nitrogen and oxygen atoms in total. The first-order valence-corrected chi connectivity index (χ1v) is 12.0. The molecule has 3 aromatic rings. The van der Waals surface area contributed by atoms with E-state index in [1.807, 2.05) is 0 Å². The highest BCUT2D eigenvalue weighted by atomic mass is 19.4. The molecule has 2 amide bonds. The van der Waals surface area contributed by atoms with Gasteiger partial charge < -0.3 is 21.1 Å². The van der Waals surface area contributed by atoms with Crippen molar-refractivity contribution in [2.24, 2.45) is 0 Å². The van der Waals surface area contributed by atoms with E-state index in [1.165, 1.54) is 19.9 Å². The van der Waals surface area contributed by atoms with Crippen LogP contribution in [-0.2, 0) is 11.0 Å². The summed E-state index contributed by atoms with van der Waals surface area (Å²) in [6.07, 6.45) is -12.1. The van der Waals surface area contributed by atoms with Crippen molar-refractivity contribution in [2.75, 3.05) is 18.8 Å². The number of rotatable bonds is 5. The Morgan fingerprint density at radius 1 is 1.12 bits per heavy atom. The Labute approximate surface area is 227 Å². The Bertz CT molecular complexity index is 1520. The molecule has 0 aromatic carbocycles. The average molecular weight is 591 g/mol. The number of pyridine rings is 1. The summed E-state index contributed by atoms with van der Waals surface area (Å²) >= 11 is 0. The van der Waals surface area contributed by atoms with E-state index in [9.17, 15) is 45.4 Å². The van der Waals surface area contributed by atoms with Crippen LogP contribution < -0.4 is 11.1 Å². The molecular weight excluding hydrogens is 567 g/mol. The summed E-state index contributed by atoms with van der Waals surface area (Å²) in [6, 6.07) is 0.721. The molecule has 41 heavy (non-hydrogen) atoms. The Kier molecular flexibility index (Phi) is 7.39. The largest absolute Gasteiger partial charge is 0.418 e. The molecule has 0 aliphatic carbocycles. The number of aryl methyl sites for hydroxylation is 2. The van der Waals surface area contributed by atoms with E-state index in [1.54, 1.807) is 0 Å². The minimum Gasteiger partial charge on any atom is -0.382 e. The molecule has 0 spiro atoms. The molecule has 1 fully saturated rings. The second kappa shape index (κ2) is 10.1. The molecular formula is C24H24F7N7O3. The Morgan fingerprint density at radius 2 is 1.78 bits per heavy atom. The van der Waals surface area contributed by atoms with E-state index in [-0.39, 0.29) is 28.2 Å². The van der Waals surface area contributed by atoms with Crippen molar-refractivity contribution in [1.29, 1.82) is 0 Å². The molecule has 1 aliphatic rings. The zero-order chi connectivity index (χ0) is 30.7. The van der Waals surface area contributed by atoms with Crippen molar-refractivity contribution < 1.29 is 45.4 Å². The van der Waals surface area contributed by atoms with E-state index in [4.69, 9.17) is 5.73 Å². The summed E-state index contributed by atoms with van der Waals surface area (Å²) in [5.74, 6) is -2.48. The van der Waals surface area contributed by atoms with E-state index < -0.39 is 78.4 Å². The number of amides is 2. The summed E-state index contributed by atoms with van der Waals surface area (Å²) in [5.41, 5.74) is 0.990. The van der Waals surface area contributed by atoms with Gasteiger partial charge in [-0.2, -0.15) is 31.4 Å². The Balaban J connectivity index is 1.61. The number of carbonyl (C=O) groups excluding carboxylic acids is 2. The second-order valence-electron chi connectivity index (χ2n) is 9.94. The molecule has 1 saturated heterocycles. The van der Waals surface area contributed by atoms with Crippen LogP contribution in [0.5, 0.6) is 0 Å². The predicted molar refractivity (Wildman–Crippen MR) is 129 cm³/mol. The van der Waals surface area contributed by atoms with Crippen LogP contribution in [-0.4, -0.2) is 78.5 Å². The highest BCUT2D eigenvalue weighted by Gasteiger charge is 2.52. The lowest BCUT2D eigenvalue weighted by Gasteiger charge is -2.27. The zero-order valence-electron chi connectivity index (χ0n) is 21.7. The number of nitrogens with two attached hydrogens (primary N) is 1. The first kappa shape index (κ1) is 30.0. The number of nitrogens with zero attached hydrogens (tertiary/aromatic N) is 5. The van der Waals surface area contributed by atoms with Crippen LogP contribution in [0.25, 0.3) is 16.8 Å². The van der Waals surface area contributed by atoms with Crippen molar-refractivity contribution in [2.45, 2.75) is 57.4 Å². The fourth-order valence-corrected chi connectivity index (χ4v) is 4.55. The third kappa shape index (κ3) is 5.62. The number of nitrogens with one attached hydrogen (secondary N) is 1. The van der Waals surface area contributed by atoms with Gasteiger partial charge in [0.15, 0.2) is 11.4 Å². The number of hydrogen-bond acceptors (Lipinski definition) is 7. The molecule has 3 aromatic heterocycles. The van der Waals surface area contributed by atoms with Crippen molar-refractivity contribution in [3.63, 3.8) is 0 Å². The molecule has 0 bridgehead atoms. The number of anilines is 1. The first-order chi connectivity index (χ1) is 18.8. The number of likely N-dealkylation sites (tertiary alicyclic amines) is 1. The second-order valence-corrected chi connectivity index (χ2v) is 9.94. The zero-order valence-corrected chi connectivity index (χ0v) is 21.7. The minimum atomic E-state index is -5.09. The van der Waals surface area contributed by atoms with Gasteiger partial charge in [0.25, 0.3) is 5.91 Å². The summed E-state index contributed by atoms with van der Waals surface area (Å²) in [4.78, 5) is 34.1. The molecule has 0 saturated carbocycles. The van der Waals surface area contributed by atoms with Gasteiger partial charge in [-0.25, -0.2) is 13.9 Å². The van der Waals surface area contributed by atoms with Crippen LogP contribution >= 0.6 is 0 Å². The van der Waals surface area contributed by atoms with Gasteiger partial charge in [0, 0.05) is 17.8 Å². The van der Waals surface area contributed by atoms with Gasteiger partial charge in [0.2, 0.25) is 5.91 Å². The van der Waals surface area contributed by atoms with Crippen LogP contribution in [0, 0.1) is 13.8 Å². The Morgan fingerprint density at radius 3 is 2.39 bits per heavy atom. The third-order valence-electron chi connectivity index (χ3n) is 6.84. The van der Waals surface area contributed by atoms with E-state index in [0.29, 0.717) is 6.92 Å². The van der Waals surface area contributed by atoms with Crippen LogP contribution in [0.3, 0.4) is 0 Å². The number of nitrogen functional groups attached to an aromatic ring is 1. The lowest BCUT2D eigenvalue weighted by atomic mass is 10.0. The standard InChI is InChI=1S/C24H24F7N7O3/c1-10-12(17-5-14(23(26,27)28)19-20(32)33-9-34-38(17)19)4-13(11(2)35-10)21(40)36-16-8-37(7-15(16)25)18(39)6-22(3,41)24(29,30)31/h4-5,9,15-16,41H,6-8H2,1-3H3,(H,36,40)(H2,32,33,34)/t15-,16+,22?/m0/s1. The number of carbonyl (C=O) groups is 2. The summed E-state index contributed by atoms with van der Waals surface area (Å²) in [7, 11) is 0. The lowest BCUT2D eigenvalue weighted by Crippen LogP contribution is -2.47. The lowest BCUT2D eigenvalue weighted by molar-refractivity contribution is -0.254. The minimum absolute atomic E-state index is 0.0822. The number of aromatic nitrogens is 4. The molecule has 4 heterocycles. The maximum absolute atomic E-state index is 14.7. The summed E-state index contributed by atoms with van der Waals surface area (Å²) in [6.45, 7) is 2.27. The molecule has 1 unspecified atom stereocenters. The fourth-order valence-electron chi connectivity index (χ4n) is 4.55. The van der Waals surface area contributed by atoms with Crippen molar-refractivity contribution in [3.8, 4) is 11.3 Å². The smallest absolute Gasteiger partial charge is 0.382 e. The van der Waals surface area contributed by atoms with Crippen LogP contribution in [0.4, 0.5) is 36.6 Å². The average Bonchev–Trinajstić information content (AvgIpc) is 3.40. The Hall–Kier alpha value is -4.02. The maximum Gasteiger partial charge on any atom is 0.418 e. The molecule has 3 atom stereocenters. The number of aliphatic hydroxyl groups is 1. The number of fused-ring (bicyclic) bond motifs is 1. The van der Waals surface area contributed by atoms with Crippen molar-refractivity contribution >= 4 is 23.1 Å². The molecule has 4 rings (SSSR count). The maximum atomic E-state index is 14.7. The molecule has 1 aliphatic heterocycles. The number of hydrogen-bond donors (Lipinski definition) is 3. The molecule has 17 heteroatoms. The first-order valence-electron chi connectivity index (χ1n) is 12.0. The molecule has 0 radical (unpaired) electrons. The van der Waals surface area contributed by atoms with Gasteiger partial charge in [-0.05, 0) is 32.9 Å². The molecule has 222 valence electrons. The van der Waals surface area contributed by atoms with E-state index >= 15 is 0 Å².